The smallest absolute Gasteiger partial charge is 0.128 e. The van der Waals surface area contributed by atoms with Gasteiger partial charge in [0.1, 0.15) is 5.82 Å². The average molecular weight is 256 g/mol. The molecule has 2 aromatic rings. The minimum Gasteiger partial charge on any atom is -0.271 e. The summed E-state index contributed by atoms with van der Waals surface area (Å²) in [4.78, 5) is 0. The van der Waals surface area contributed by atoms with Crippen molar-refractivity contribution in [1.29, 1.82) is 0 Å². The van der Waals surface area contributed by atoms with E-state index in [1.54, 1.807) is 7.05 Å². The van der Waals surface area contributed by atoms with Gasteiger partial charge in [0.2, 0.25) is 0 Å². The molecule has 1 atom stereocenters. The standard InChI is InChI=1S/C10H11ClFN5/c1-17-9(5-14-16-17)10(15-13)7-4-6(11)2-3-8(7)12/h2-5,10,15H,13H2,1H3. The Labute approximate surface area is 102 Å². The lowest BCUT2D eigenvalue weighted by atomic mass is 10.0. The molecule has 17 heavy (non-hydrogen) atoms. The van der Waals surface area contributed by atoms with Gasteiger partial charge in [-0.3, -0.25) is 10.5 Å². The summed E-state index contributed by atoms with van der Waals surface area (Å²) in [6, 6.07) is 3.75. The number of nitrogens with two attached hydrogens (primary N) is 1. The number of rotatable bonds is 3. The van der Waals surface area contributed by atoms with Crippen LogP contribution in [-0.4, -0.2) is 15.0 Å². The van der Waals surface area contributed by atoms with Gasteiger partial charge in [-0.2, -0.15) is 0 Å². The fourth-order valence-corrected chi connectivity index (χ4v) is 1.81. The third-order valence-electron chi connectivity index (χ3n) is 2.48. The van der Waals surface area contributed by atoms with E-state index in [4.69, 9.17) is 17.4 Å². The van der Waals surface area contributed by atoms with Crippen LogP contribution in [0.3, 0.4) is 0 Å². The Morgan fingerprint density at radius 2 is 2.29 bits per heavy atom. The van der Waals surface area contributed by atoms with Gasteiger partial charge in [-0.1, -0.05) is 16.8 Å². The molecule has 7 heteroatoms. The Hall–Kier alpha value is -1.50. The number of benzene rings is 1. The van der Waals surface area contributed by atoms with Gasteiger partial charge in [0.25, 0.3) is 0 Å². The highest BCUT2D eigenvalue weighted by Crippen LogP contribution is 2.25. The van der Waals surface area contributed by atoms with Crippen LogP contribution in [0.5, 0.6) is 0 Å². The number of aromatic nitrogens is 3. The summed E-state index contributed by atoms with van der Waals surface area (Å²) in [6.45, 7) is 0. The molecule has 1 unspecified atom stereocenters. The third kappa shape index (κ3) is 2.28. The second-order valence-corrected chi connectivity index (χ2v) is 3.98. The first-order valence-electron chi connectivity index (χ1n) is 4.89. The van der Waals surface area contributed by atoms with Gasteiger partial charge in [0.15, 0.2) is 0 Å². The number of halogens is 2. The summed E-state index contributed by atoms with van der Waals surface area (Å²) in [5.74, 6) is 5.06. The zero-order chi connectivity index (χ0) is 12.4. The Bertz CT molecular complexity index is 527. The number of hydrogen-bond donors (Lipinski definition) is 2. The topological polar surface area (TPSA) is 68.8 Å². The summed E-state index contributed by atoms with van der Waals surface area (Å²) in [6.07, 6.45) is 1.52. The predicted molar refractivity (Wildman–Crippen MR) is 61.6 cm³/mol. The van der Waals surface area contributed by atoms with Gasteiger partial charge in [-0.25, -0.2) is 9.82 Å². The largest absolute Gasteiger partial charge is 0.271 e. The van der Waals surface area contributed by atoms with Crippen LogP contribution in [0.4, 0.5) is 4.39 Å². The van der Waals surface area contributed by atoms with E-state index in [0.717, 1.165) is 0 Å². The molecule has 0 aliphatic heterocycles. The second-order valence-electron chi connectivity index (χ2n) is 3.55. The monoisotopic (exact) mass is 255 g/mol. The van der Waals surface area contributed by atoms with E-state index in [-0.39, 0.29) is 0 Å². The molecule has 1 heterocycles. The van der Waals surface area contributed by atoms with Crippen molar-refractivity contribution in [2.75, 3.05) is 0 Å². The second kappa shape index (κ2) is 4.79. The normalized spacial score (nSPS) is 12.7. The fourth-order valence-electron chi connectivity index (χ4n) is 1.63. The van der Waals surface area contributed by atoms with Gasteiger partial charge in [0.05, 0.1) is 17.9 Å². The summed E-state index contributed by atoms with van der Waals surface area (Å²) in [5, 5.41) is 7.95. The maximum Gasteiger partial charge on any atom is 0.128 e. The highest BCUT2D eigenvalue weighted by Gasteiger charge is 2.20. The minimum absolute atomic E-state index is 0.352. The molecule has 0 bridgehead atoms. The lowest BCUT2D eigenvalue weighted by Gasteiger charge is -2.16. The lowest BCUT2D eigenvalue weighted by molar-refractivity contribution is 0.531. The zero-order valence-electron chi connectivity index (χ0n) is 9.06. The number of nitrogens with one attached hydrogen (secondary N) is 1. The van der Waals surface area contributed by atoms with Crippen molar-refractivity contribution >= 4 is 11.6 Å². The number of aryl methyl sites for hydroxylation is 1. The van der Waals surface area contributed by atoms with Crippen LogP contribution < -0.4 is 11.3 Å². The minimum atomic E-state index is -0.548. The molecular formula is C10H11ClFN5. The number of hydrogen-bond acceptors (Lipinski definition) is 4. The molecule has 2 rings (SSSR count). The van der Waals surface area contributed by atoms with Crippen molar-refractivity contribution in [3.05, 3.63) is 46.5 Å². The summed E-state index contributed by atoms with van der Waals surface area (Å²) in [5.41, 5.74) is 3.53. The molecule has 0 fully saturated rings. The first-order valence-corrected chi connectivity index (χ1v) is 5.27. The number of nitrogens with zero attached hydrogens (tertiary/aromatic N) is 3. The summed E-state index contributed by atoms with van der Waals surface area (Å²) >= 11 is 5.85. The van der Waals surface area contributed by atoms with Crippen molar-refractivity contribution in [2.24, 2.45) is 12.9 Å². The van der Waals surface area contributed by atoms with Crippen molar-refractivity contribution < 1.29 is 4.39 Å². The van der Waals surface area contributed by atoms with E-state index in [1.807, 2.05) is 0 Å². The van der Waals surface area contributed by atoms with Crippen LogP contribution in [0.1, 0.15) is 17.3 Å². The zero-order valence-corrected chi connectivity index (χ0v) is 9.82. The van der Waals surface area contributed by atoms with Crippen molar-refractivity contribution in [2.45, 2.75) is 6.04 Å². The average Bonchev–Trinajstić information content (AvgIpc) is 2.71. The van der Waals surface area contributed by atoms with E-state index >= 15 is 0 Å². The van der Waals surface area contributed by atoms with Gasteiger partial charge < -0.3 is 0 Å². The lowest BCUT2D eigenvalue weighted by Crippen LogP contribution is -2.31. The van der Waals surface area contributed by atoms with Crippen LogP contribution in [0, 0.1) is 5.82 Å². The Balaban J connectivity index is 2.49. The Kier molecular flexibility index (Phi) is 3.37. The highest BCUT2D eigenvalue weighted by atomic mass is 35.5. The van der Waals surface area contributed by atoms with E-state index in [1.165, 1.54) is 29.1 Å². The molecule has 0 aliphatic rings. The highest BCUT2D eigenvalue weighted by molar-refractivity contribution is 6.30. The third-order valence-corrected chi connectivity index (χ3v) is 2.72. The number of hydrazine groups is 1. The Morgan fingerprint density at radius 1 is 1.53 bits per heavy atom. The van der Waals surface area contributed by atoms with Crippen LogP contribution >= 0.6 is 11.6 Å². The van der Waals surface area contributed by atoms with Crippen LogP contribution in [0.25, 0.3) is 0 Å². The molecule has 0 saturated heterocycles. The molecule has 0 radical (unpaired) electrons. The van der Waals surface area contributed by atoms with Crippen LogP contribution in [0.2, 0.25) is 5.02 Å². The molecule has 1 aromatic carbocycles. The molecule has 0 saturated carbocycles. The molecule has 1 aromatic heterocycles. The summed E-state index contributed by atoms with van der Waals surface area (Å²) in [7, 11) is 1.70. The van der Waals surface area contributed by atoms with Gasteiger partial charge >= 0.3 is 0 Å². The van der Waals surface area contributed by atoms with E-state index < -0.39 is 11.9 Å². The molecule has 5 nitrogen and oxygen atoms in total. The maximum atomic E-state index is 13.7. The van der Waals surface area contributed by atoms with Crippen molar-refractivity contribution in [3.63, 3.8) is 0 Å². The first-order chi connectivity index (χ1) is 8.13. The van der Waals surface area contributed by atoms with Crippen LogP contribution in [0.15, 0.2) is 24.4 Å². The molecule has 0 aliphatic carbocycles. The Morgan fingerprint density at radius 3 is 2.88 bits per heavy atom. The SMILES string of the molecule is Cn1nncc1C(NN)c1cc(Cl)ccc1F. The fraction of sp³-hybridized carbons (Fsp3) is 0.200. The molecular weight excluding hydrogens is 245 g/mol. The van der Waals surface area contributed by atoms with Crippen molar-refractivity contribution in [1.82, 2.24) is 20.4 Å². The summed E-state index contributed by atoms with van der Waals surface area (Å²) < 4.78 is 15.2. The van der Waals surface area contributed by atoms with E-state index in [9.17, 15) is 4.39 Å². The van der Waals surface area contributed by atoms with Gasteiger partial charge in [-0.15, -0.1) is 5.10 Å². The molecule has 0 spiro atoms. The van der Waals surface area contributed by atoms with E-state index in [0.29, 0.717) is 16.3 Å². The predicted octanol–water partition coefficient (Wildman–Crippen LogP) is 1.16. The van der Waals surface area contributed by atoms with Crippen molar-refractivity contribution in [3.8, 4) is 0 Å². The van der Waals surface area contributed by atoms with Crippen LogP contribution in [-0.2, 0) is 7.05 Å². The maximum absolute atomic E-state index is 13.7. The van der Waals surface area contributed by atoms with Gasteiger partial charge in [-0.05, 0) is 18.2 Å². The molecule has 90 valence electrons. The molecule has 0 amide bonds. The van der Waals surface area contributed by atoms with E-state index in [2.05, 4.69) is 15.7 Å². The van der Waals surface area contributed by atoms with Gasteiger partial charge in [0, 0.05) is 17.6 Å². The first kappa shape index (κ1) is 12.0. The quantitative estimate of drug-likeness (QED) is 0.638. The molecule has 3 N–H and O–H groups in total.